The molecule has 4 aliphatic rings. The van der Waals surface area contributed by atoms with E-state index in [0.29, 0.717) is 17.9 Å². The lowest BCUT2D eigenvalue weighted by molar-refractivity contribution is 0.125. The maximum atomic E-state index is 6.50. The average molecular weight is 390 g/mol. The van der Waals surface area contributed by atoms with Crippen molar-refractivity contribution in [2.45, 2.75) is 63.6 Å². The van der Waals surface area contributed by atoms with Crippen LogP contribution in [0.15, 0.2) is 11.6 Å². The van der Waals surface area contributed by atoms with E-state index in [4.69, 9.17) is 11.5 Å². The molecule has 4 rings (SSSR count). The summed E-state index contributed by atoms with van der Waals surface area (Å²) in [4.78, 5) is 5.14. The number of allylic oxidation sites excluding steroid dienone is 1. The summed E-state index contributed by atoms with van der Waals surface area (Å²) in [6.45, 7) is 7.35. The van der Waals surface area contributed by atoms with Crippen molar-refractivity contribution >= 4 is 0 Å². The van der Waals surface area contributed by atoms with Gasteiger partial charge in [0.25, 0.3) is 0 Å². The zero-order chi connectivity index (χ0) is 19.5. The molecular weight excluding hydrogens is 346 g/mol. The van der Waals surface area contributed by atoms with Gasteiger partial charge in [0.05, 0.1) is 6.17 Å². The van der Waals surface area contributed by atoms with Crippen molar-refractivity contribution in [2.24, 2.45) is 35.1 Å². The number of hydrogen-bond donors (Lipinski definition) is 3. The van der Waals surface area contributed by atoms with Gasteiger partial charge in [-0.2, -0.15) is 0 Å². The standard InChI is InChI=1S/C23H43N5/c1-27-10-12-28(13-11-27)16-17-2-4-18(5-3-17)20-14-22(23(25)26-15-20)19-6-8-21(24)9-7-19/h4,17,19-23,26H,2-3,5-16,24-25H2,1H3/t17-,19?,20?,21?,22?,23?/m1/s1. The Morgan fingerprint density at radius 1 is 1.04 bits per heavy atom. The van der Waals surface area contributed by atoms with Crippen molar-refractivity contribution in [1.29, 1.82) is 0 Å². The fourth-order valence-electron chi connectivity index (χ4n) is 6.17. The van der Waals surface area contributed by atoms with Crippen LogP contribution in [0.4, 0.5) is 0 Å². The first-order chi connectivity index (χ1) is 13.6. The van der Waals surface area contributed by atoms with Crippen LogP contribution in [0.5, 0.6) is 0 Å². The summed E-state index contributed by atoms with van der Waals surface area (Å²) in [5.74, 6) is 2.99. The zero-order valence-electron chi connectivity index (χ0n) is 18.0. The highest BCUT2D eigenvalue weighted by atomic mass is 15.2. The van der Waals surface area contributed by atoms with E-state index in [1.807, 2.05) is 0 Å². The Hall–Kier alpha value is -0.460. The number of hydrogen-bond acceptors (Lipinski definition) is 5. The average Bonchev–Trinajstić information content (AvgIpc) is 2.72. The van der Waals surface area contributed by atoms with E-state index in [1.54, 1.807) is 5.57 Å². The van der Waals surface area contributed by atoms with E-state index in [9.17, 15) is 0 Å². The van der Waals surface area contributed by atoms with Gasteiger partial charge in [0.1, 0.15) is 0 Å². The van der Waals surface area contributed by atoms with Gasteiger partial charge in [-0.3, -0.25) is 0 Å². The molecule has 2 heterocycles. The number of nitrogens with zero attached hydrogens (tertiary/aromatic N) is 2. The molecule has 3 fully saturated rings. The van der Waals surface area contributed by atoms with Gasteiger partial charge in [0.2, 0.25) is 0 Å². The van der Waals surface area contributed by atoms with Gasteiger partial charge in [-0.25, -0.2) is 0 Å². The van der Waals surface area contributed by atoms with Crippen LogP contribution in [0.3, 0.4) is 0 Å². The second-order valence-electron chi connectivity index (χ2n) is 10.2. The fraction of sp³-hybridized carbons (Fsp3) is 0.913. The van der Waals surface area contributed by atoms with Crippen LogP contribution in [-0.2, 0) is 0 Å². The van der Waals surface area contributed by atoms with E-state index in [0.717, 1.165) is 18.4 Å². The summed E-state index contributed by atoms with van der Waals surface area (Å²) < 4.78 is 0. The maximum Gasteiger partial charge on any atom is 0.0578 e. The molecule has 0 aromatic rings. The van der Waals surface area contributed by atoms with Crippen molar-refractivity contribution in [1.82, 2.24) is 15.1 Å². The Kier molecular flexibility index (Phi) is 7.11. The van der Waals surface area contributed by atoms with Crippen molar-refractivity contribution in [2.75, 3.05) is 46.3 Å². The molecule has 5 N–H and O–H groups in total. The molecule has 0 bridgehead atoms. The number of piperazine rings is 1. The summed E-state index contributed by atoms with van der Waals surface area (Å²) >= 11 is 0. The number of nitrogens with two attached hydrogens (primary N) is 2. The first-order valence-electron chi connectivity index (χ1n) is 11.9. The minimum absolute atomic E-state index is 0.185. The number of rotatable bonds is 4. The lowest BCUT2D eigenvalue weighted by atomic mass is 9.70. The van der Waals surface area contributed by atoms with Gasteiger partial charge < -0.3 is 26.6 Å². The Labute approximate surface area is 172 Å². The van der Waals surface area contributed by atoms with Gasteiger partial charge >= 0.3 is 0 Å². The van der Waals surface area contributed by atoms with Crippen LogP contribution >= 0.6 is 0 Å². The van der Waals surface area contributed by atoms with Crippen molar-refractivity contribution in [3.8, 4) is 0 Å². The third-order valence-corrected chi connectivity index (χ3v) is 8.23. The van der Waals surface area contributed by atoms with Crippen LogP contribution < -0.4 is 16.8 Å². The SMILES string of the molecule is CN1CCN(C[C@@H]2CC=C(C3CNC(N)C(C4CCC(N)CC4)C3)CC2)CC1. The number of piperidine rings is 1. The molecule has 2 aliphatic carbocycles. The van der Waals surface area contributed by atoms with E-state index in [1.165, 1.54) is 84.1 Å². The molecule has 160 valence electrons. The van der Waals surface area contributed by atoms with Crippen LogP contribution in [-0.4, -0.2) is 68.3 Å². The van der Waals surface area contributed by atoms with Crippen LogP contribution in [0.25, 0.3) is 0 Å². The fourth-order valence-corrected chi connectivity index (χ4v) is 6.17. The molecule has 0 aromatic heterocycles. The van der Waals surface area contributed by atoms with Gasteiger partial charge in [0, 0.05) is 45.3 Å². The Morgan fingerprint density at radius 3 is 2.46 bits per heavy atom. The minimum Gasteiger partial charge on any atom is -0.328 e. The molecule has 28 heavy (non-hydrogen) atoms. The highest BCUT2D eigenvalue weighted by Crippen LogP contribution is 2.39. The second kappa shape index (κ2) is 9.57. The highest BCUT2D eigenvalue weighted by molar-refractivity contribution is 5.13. The topological polar surface area (TPSA) is 70.5 Å². The molecule has 2 saturated heterocycles. The third kappa shape index (κ3) is 5.17. The van der Waals surface area contributed by atoms with Crippen molar-refractivity contribution in [3.63, 3.8) is 0 Å². The molecule has 4 atom stereocenters. The molecule has 1 saturated carbocycles. The Balaban J connectivity index is 1.27. The Bertz CT molecular complexity index is 519. The molecule has 3 unspecified atom stereocenters. The molecule has 0 aromatic carbocycles. The molecule has 0 radical (unpaired) electrons. The van der Waals surface area contributed by atoms with E-state index >= 15 is 0 Å². The van der Waals surface area contributed by atoms with E-state index in [2.05, 4.69) is 28.2 Å². The van der Waals surface area contributed by atoms with Gasteiger partial charge in [-0.1, -0.05) is 11.6 Å². The molecule has 5 nitrogen and oxygen atoms in total. The lowest BCUT2D eigenvalue weighted by Gasteiger charge is -2.43. The number of nitrogens with one attached hydrogen (secondary N) is 1. The summed E-state index contributed by atoms with van der Waals surface area (Å²) in [6.07, 6.45) is 13.0. The zero-order valence-corrected chi connectivity index (χ0v) is 18.0. The summed E-state index contributed by atoms with van der Waals surface area (Å²) in [5.41, 5.74) is 14.4. The molecular formula is C23H43N5. The van der Waals surface area contributed by atoms with Gasteiger partial charge in [0.15, 0.2) is 0 Å². The van der Waals surface area contributed by atoms with Crippen molar-refractivity contribution < 1.29 is 0 Å². The van der Waals surface area contributed by atoms with Crippen LogP contribution in [0, 0.1) is 23.7 Å². The predicted molar refractivity (Wildman–Crippen MR) is 117 cm³/mol. The lowest BCUT2D eigenvalue weighted by Crippen LogP contribution is -2.54. The van der Waals surface area contributed by atoms with Gasteiger partial charge in [-0.05, 0) is 82.1 Å². The highest BCUT2D eigenvalue weighted by Gasteiger charge is 2.36. The normalized spacial score (nSPS) is 41.6. The monoisotopic (exact) mass is 389 g/mol. The van der Waals surface area contributed by atoms with Gasteiger partial charge in [-0.15, -0.1) is 0 Å². The predicted octanol–water partition coefficient (Wildman–Crippen LogP) is 1.99. The maximum absolute atomic E-state index is 6.50. The second-order valence-corrected chi connectivity index (χ2v) is 10.2. The quantitative estimate of drug-likeness (QED) is 0.642. The first-order valence-corrected chi connectivity index (χ1v) is 11.9. The molecule has 5 heteroatoms. The molecule has 0 spiro atoms. The molecule has 0 amide bonds. The summed E-state index contributed by atoms with van der Waals surface area (Å²) in [6, 6.07) is 0.429. The first kappa shape index (κ1) is 20.8. The third-order valence-electron chi connectivity index (χ3n) is 8.23. The molecule has 2 aliphatic heterocycles. The summed E-state index contributed by atoms with van der Waals surface area (Å²) in [7, 11) is 2.24. The van der Waals surface area contributed by atoms with Crippen LogP contribution in [0.1, 0.15) is 51.4 Å². The summed E-state index contributed by atoms with van der Waals surface area (Å²) in [5, 5.41) is 3.66. The van der Waals surface area contributed by atoms with Crippen LogP contribution in [0.2, 0.25) is 0 Å². The minimum atomic E-state index is 0.185. The number of likely N-dealkylation sites (N-methyl/N-ethyl adjacent to an activating group) is 1. The smallest absolute Gasteiger partial charge is 0.0578 e. The van der Waals surface area contributed by atoms with E-state index in [-0.39, 0.29) is 6.17 Å². The largest absolute Gasteiger partial charge is 0.328 e. The van der Waals surface area contributed by atoms with Crippen molar-refractivity contribution in [3.05, 3.63) is 11.6 Å². The van der Waals surface area contributed by atoms with E-state index < -0.39 is 0 Å². The Morgan fingerprint density at radius 2 is 1.79 bits per heavy atom.